The molecule has 2 aromatic rings. The van der Waals surface area contributed by atoms with Crippen LogP contribution in [0.3, 0.4) is 0 Å². The van der Waals surface area contributed by atoms with Gasteiger partial charge in [0.15, 0.2) is 6.61 Å². The third-order valence-corrected chi connectivity index (χ3v) is 3.73. The molecule has 120 valence electrons. The normalized spacial score (nSPS) is 10.0. The van der Waals surface area contributed by atoms with Crippen LogP contribution in [-0.4, -0.2) is 43.4 Å². The van der Waals surface area contributed by atoms with Crippen LogP contribution in [0.15, 0.2) is 41.8 Å². The number of nitrogens with zero attached hydrogens (tertiary/aromatic N) is 1. The fraction of sp³-hybridized carbons (Fsp3) is 0.188. The molecule has 0 saturated heterocycles. The monoisotopic (exact) mass is 332 g/mol. The zero-order chi connectivity index (χ0) is 16.8. The first-order valence-corrected chi connectivity index (χ1v) is 7.67. The number of hydrogen-bond donors (Lipinski definition) is 1. The summed E-state index contributed by atoms with van der Waals surface area (Å²) in [5.41, 5.74) is 1.05. The molecule has 0 bridgehead atoms. The van der Waals surface area contributed by atoms with Crippen molar-refractivity contribution in [3.05, 3.63) is 52.2 Å². The number of carbonyl (C=O) groups is 3. The zero-order valence-electron chi connectivity index (χ0n) is 12.7. The molecule has 6 nitrogen and oxygen atoms in total. The number of thiophene rings is 1. The molecule has 1 aromatic heterocycles. The molecule has 0 atom stereocenters. The van der Waals surface area contributed by atoms with Gasteiger partial charge in [-0.15, -0.1) is 11.3 Å². The molecule has 0 aliphatic rings. The van der Waals surface area contributed by atoms with Gasteiger partial charge in [0.2, 0.25) is 0 Å². The van der Waals surface area contributed by atoms with Gasteiger partial charge in [0, 0.05) is 25.3 Å². The van der Waals surface area contributed by atoms with E-state index in [0.717, 1.165) is 0 Å². The molecule has 2 amide bonds. The van der Waals surface area contributed by atoms with E-state index in [-0.39, 0.29) is 12.5 Å². The molecular formula is C16H16N2O4S. The summed E-state index contributed by atoms with van der Waals surface area (Å²) in [5, 5.41) is 4.36. The molecule has 7 heteroatoms. The number of rotatable bonds is 5. The van der Waals surface area contributed by atoms with Crippen LogP contribution >= 0.6 is 11.3 Å². The van der Waals surface area contributed by atoms with Crippen molar-refractivity contribution >= 4 is 34.8 Å². The predicted octanol–water partition coefficient (Wildman–Crippen LogP) is 2.25. The highest BCUT2D eigenvalue weighted by Gasteiger charge is 2.12. The van der Waals surface area contributed by atoms with E-state index in [2.05, 4.69) is 5.32 Å². The van der Waals surface area contributed by atoms with E-state index < -0.39 is 11.9 Å². The van der Waals surface area contributed by atoms with Gasteiger partial charge < -0.3 is 15.0 Å². The first kappa shape index (κ1) is 16.7. The number of esters is 1. The Morgan fingerprint density at radius 2 is 1.83 bits per heavy atom. The first-order chi connectivity index (χ1) is 11.0. The summed E-state index contributed by atoms with van der Waals surface area (Å²) in [6.45, 7) is -0.366. The number of carbonyl (C=O) groups excluding carboxylic acids is 3. The average molecular weight is 332 g/mol. The van der Waals surface area contributed by atoms with Gasteiger partial charge in [-0.1, -0.05) is 6.07 Å². The fourth-order valence-corrected chi connectivity index (χ4v) is 2.36. The Morgan fingerprint density at radius 1 is 1.13 bits per heavy atom. The van der Waals surface area contributed by atoms with Crippen molar-refractivity contribution in [1.82, 2.24) is 4.90 Å². The molecule has 2 rings (SSSR count). The van der Waals surface area contributed by atoms with E-state index in [1.165, 1.54) is 16.2 Å². The van der Waals surface area contributed by atoms with E-state index in [1.54, 1.807) is 55.9 Å². The van der Waals surface area contributed by atoms with E-state index in [0.29, 0.717) is 16.1 Å². The Bertz CT molecular complexity index is 693. The Kier molecular flexibility index (Phi) is 5.48. The summed E-state index contributed by atoms with van der Waals surface area (Å²) >= 11 is 1.25. The predicted molar refractivity (Wildman–Crippen MR) is 87.7 cm³/mol. The van der Waals surface area contributed by atoms with Crippen molar-refractivity contribution in [2.45, 2.75) is 0 Å². The van der Waals surface area contributed by atoms with Crippen LogP contribution in [0, 0.1) is 0 Å². The molecule has 0 radical (unpaired) electrons. The van der Waals surface area contributed by atoms with Gasteiger partial charge in [0.05, 0.1) is 0 Å². The Morgan fingerprint density at radius 3 is 2.39 bits per heavy atom. The third kappa shape index (κ3) is 4.65. The van der Waals surface area contributed by atoms with Gasteiger partial charge >= 0.3 is 5.97 Å². The SMILES string of the molecule is CN(C)C(=O)c1ccc(NC(=O)COC(=O)c2cccs2)cc1. The van der Waals surface area contributed by atoms with Gasteiger partial charge in [0.25, 0.3) is 11.8 Å². The van der Waals surface area contributed by atoms with Crippen LogP contribution in [0.4, 0.5) is 5.69 Å². The maximum Gasteiger partial charge on any atom is 0.348 e. The highest BCUT2D eigenvalue weighted by atomic mass is 32.1. The van der Waals surface area contributed by atoms with Gasteiger partial charge in [-0.2, -0.15) is 0 Å². The number of anilines is 1. The van der Waals surface area contributed by atoms with Crippen molar-refractivity contribution in [2.75, 3.05) is 26.0 Å². The molecule has 0 aliphatic carbocycles. The second kappa shape index (κ2) is 7.55. The molecule has 1 heterocycles. The second-order valence-corrected chi connectivity index (χ2v) is 5.83. The van der Waals surface area contributed by atoms with Gasteiger partial charge in [0.1, 0.15) is 4.88 Å². The molecule has 1 aromatic carbocycles. The molecule has 0 saturated carbocycles. The van der Waals surface area contributed by atoms with Crippen LogP contribution < -0.4 is 5.32 Å². The lowest BCUT2D eigenvalue weighted by atomic mass is 10.2. The van der Waals surface area contributed by atoms with Crippen molar-refractivity contribution in [3.8, 4) is 0 Å². The minimum absolute atomic E-state index is 0.118. The van der Waals surface area contributed by atoms with E-state index >= 15 is 0 Å². The van der Waals surface area contributed by atoms with Crippen LogP contribution in [0.2, 0.25) is 0 Å². The summed E-state index contributed by atoms with van der Waals surface area (Å²) < 4.78 is 4.91. The smallest absolute Gasteiger partial charge is 0.348 e. The average Bonchev–Trinajstić information content (AvgIpc) is 3.07. The second-order valence-electron chi connectivity index (χ2n) is 4.88. The van der Waals surface area contributed by atoms with Crippen molar-refractivity contribution < 1.29 is 19.1 Å². The van der Waals surface area contributed by atoms with E-state index in [9.17, 15) is 14.4 Å². The van der Waals surface area contributed by atoms with Gasteiger partial charge in [-0.3, -0.25) is 9.59 Å². The minimum Gasteiger partial charge on any atom is -0.451 e. The van der Waals surface area contributed by atoms with Gasteiger partial charge in [-0.05, 0) is 35.7 Å². The minimum atomic E-state index is -0.526. The Hall–Kier alpha value is -2.67. The summed E-state index contributed by atoms with van der Waals surface area (Å²) in [6.07, 6.45) is 0. The Balaban J connectivity index is 1.85. The topological polar surface area (TPSA) is 75.7 Å². The van der Waals surface area contributed by atoms with Crippen LogP contribution in [0.1, 0.15) is 20.0 Å². The van der Waals surface area contributed by atoms with Crippen LogP contribution in [-0.2, 0) is 9.53 Å². The highest BCUT2D eigenvalue weighted by molar-refractivity contribution is 7.11. The quantitative estimate of drug-likeness (QED) is 0.852. The number of benzene rings is 1. The summed E-state index contributed by atoms with van der Waals surface area (Å²) in [4.78, 5) is 37.0. The molecule has 0 spiro atoms. The zero-order valence-corrected chi connectivity index (χ0v) is 13.6. The van der Waals surface area contributed by atoms with Crippen LogP contribution in [0.25, 0.3) is 0 Å². The lowest BCUT2D eigenvalue weighted by Crippen LogP contribution is -2.22. The first-order valence-electron chi connectivity index (χ1n) is 6.79. The van der Waals surface area contributed by atoms with E-state index in [4.69, 9.17) is 4.74 Å². The van der Waals surface area contributed by atoms with E-state index in [1.807, 2.05) is 0 Å². The number of hydrogen-bond acceptors (Lipinski definition) is 5. The number of ether oxygens (including phenoxy) is 1. The van der Waals surface area contributed by atoms with Crippen molar-refractivity contribution in [3.63, 3.8) is 0 Å². The molecular weight excluding hydrogens is 316 g/mol. The summed E-state index contributed by atoms with van der Waals surface area (Å²) in [6, 6.07) is 9.85. The van der Waals surface area contributed by atoms with Gasteiger partial charge in [-0.25, -0.2) is 4.79 Å². The highest BCUT2D eigenvalue weighted by Crippen LogP contribution is 2.12. The largest absolute Gasteiger partial charge is 0.451 e. The lowest BCUT2D eigenvalue weighted by molar-refractivity contribution is -0.119. The molecule has 0 unspecified atom stereocenters. The fourth-order valence-electron chi connectivity index (χ4n) is 1.75. The van der Waals surface area contributed by atoms with Crippen LogP contribution in [0.5, 0.6) is 0 Å². The molecule has 1 N–H and O–H groups in total. The summed E-state index contributed by atoms with van der Waals surface area (Å²) in [7, 11) is 3.33. The Labute approximate surface area is 137 Å². The maximum absolute atomic E-state index is 11.8. The molecule has 0 aliphatic heterocycles. The standard InChI is InChI=1S/C16H16N2O4S/c1-18(2)15(20)11-5-7-12(8-6-11)17-14(19)10-22-16(21)13-4-3-9-23-13/h3-9H,10H2,1-2H3,(H,17,19). The number of nitrogens with one attached hydrogen (secondary N) is 1. The maximum atomic E-state index is 11.8. The third-order valence-electron chi connectivity index (χ3n) is 2.88. The number of amides is 2. The molecule has 23 heavy (non-hydrogen) atoms. The van der Waals surface area contributed by atoms with Crippen molar-refractivity contribution in [1.29, 1.82) is 0 Å². The summed E-state index contributed by atoms with van der Waals surface area (Å²) in [5.74, 6) is -1.09. The molecule has 0 fully saturated rings. The lowest BCUT2D eigenvalue weighted by Gasteiger charge is -2.11. The van der Waals surface area contributed by atoms with Crippen molar-refractivity contribution in [2.24, 2.45) is 0 Å².